The molecule has 4 heteroatoms. The van der Waals surface area contributed by atoms with E-state index >= 15 is 0 Å². The maximum absolute atomic E-state index is 12.6. The molecule has 0 aromatic heterocycles. The molecule has 3 saturated heterocycles. The van der Waals surface area contributed by atoms with E-state index < -0.39 is 0 Å². The molecule has 3 aliphatic heterocycles. The fourth-order valence-electron chi connectivity index (χ4n) is 3.76. The Balaban J connectivity index is 1.78. The second kappa shape index (κ2) is 3.67. The lowest BCUT2D eigenvalue weighted by Gasteiger charge is -2.19. The summed E-state index contributed by atoms with van der Waals surface area (Å²) in [4.78, 5) is 26.5. The van der Waals surface area contributed by atoms with Gasteiger partial charge in [0, 0.05) is 0 Å². The summed E-state index contributed by atoms with van der Waals surface area (Å²) in [7, 11) is 0. The van der Waals surface area contributed by atoms with Crippen LogP contribution >= 0.6 is 0 Å². The van der Waals surface area contributed by atoms with E-state index in [0.717, 1.165) is 24.1 Å². The van der Waals surface area contributed by atoms with Crippen molar-refractivity contribution in [3.63, 3.8) is 0 Å². The molecule has 0 spiro atoms. The van der Waals surface area contributed by atoms with E-state index in [4.69, 9.17) is 4.74 Å². The molecule has 2 bridgehead atoms. The third-order valence-corrected chi connectivity index (χ3v) is 4.64. The number of carbonyl (C=O) groups excluding carboxylic acids is 2. The maximum atomic E-state index is 12.6. The summed E-state index contributed by atoms with van der Waals surface area (Å²) in [6, 6.07) is 7.55. The van der Waals surface area contributed by atoms with Gasteiger partial charge >= 0.3 is 0 Å². The predicted octanol–water partition coefficient (Wildman–Crippen LogP) is 1.66. The van der Waals surface area contributed by atoms with Crippen LogP contribution in [0.25, 0.3) is 0 Å². The molecule has 98 valence electrons. The van der Waals surface area contributed by atoms with E-state index in [-0.39, 0.29) is 35.9 Å². The van der Waals surface area contributed by atoms with Crippen molar-refractivity contribution in [2.24, 2.45) is 11.8 Å². The van der Waals surface area contributed by atoms with Gasteiger partial charge in [-0.05, 0) is 31.4 Å². The van der Waals surface area contributed by atoms with E-state index in [1.807, 2.05) is 31.2 Å². The van der Waals surface area contributed by atoms with Gasteiger partial charge in [-0.3, -0.25) is 9.59 Å². The third kappa shape index (κ3) is 1.32. The van der Waals surface area contributed by atoms with Crippen molar-refractivity contribution in [1.82, 2.24) is 0 Å². The Hall–Kier alpha value is -1.68. The molecule has 19 heavy (non-hydrogen) atoms. The summed E-state index contributed by atoms with van der Waals surface area (Å²) in [5.74, 6) is -0.635. The number of imide groups is 1. The van der Waals surface area contributed by atoms with Crippen LogP contribution < -0.4 is 4.90 Å². The Morgan fingerprint density at radius 3 is 2.21 bits per heavy atom. The van der Waals surface area contributed by atoms with Crippen molar-refractivity contribution in [3.05, 3.63) is 29.8 Å². The number of anilines is 1. The summed E-state index contributed by atoms with van der Waals surface area (Å²) >= 11 is 0. The molecule has 3 heterocycles. The van der Waals surface area contributed by atoms with Gasteiger partial charge in [-0.2, -0.15) is 0 Å². The monoisotopic (exact) mass is 257 g/mol. The molecule has 3 fully saturated rings. The van der Waals surface area contributed by atoms with Crippen molar-refractivity contribution >= 4 is 17.5 Å². The Labute approximate surface area is 111 Å². The first-order chi connectivity index (χ1) is 9.18. The van der Waals surface area contributed by atoms with Crippen LogP contribution in [-0.4, -0.2) is 24.0 Å². The highest BCUT2D eigenvalue weighted by Crippen LogP contribution is 2.49. The van der Waals surface area contributed by atoms with Gasteiger partial charge in [-0.15, -0.1) is 0 Å². The van der Waals surface area contributed by atoms with Gasteiger partial charge in [0.05, 0.1) is 29.7 Å². The van der Waals surface area contributed by atoms with Crippen LogP contribution in [0.3, 0.4) is 0 Å². The zero-order valence-corrected chi connectivity index (χ0v) is 10.7. The fraction of sp³-hybridized carbons (Fsp3) is 0.467. The van der Waals surface area contributed by atoms with E-state index in [2.05, 4.69) is 0 Å². The number of hydrogen-bond donors (Lipinski definition) is 0. The molecule has 0 aliphatic carbocycles. The van der Waals surface area contributed by atoms with Gasteiger partial charge in [0.15, 0.2) is 0 Å². The maximum Gasteiger partial charge on any atom is 0.240 e. The first-order valence-corrected chi connectivity index (χ1v) is 6.77. The van der Waals surface area contributed by atoms with Crippen molar-refractivity contribution in [1.29, 1.82) is 0 Å². The second-order valence-electron chi connectivity index (χ2n) is 5.64. The van der Waals surface area contributed by atoms with Gasteiger partial charge in [0.25, 0.3) is 0 Å². The van der Waals surface area contributed by atoms with Crippen LogP contribution in [0.2, 0.25) is 0 Å². The van der Waals surface area contributed by atoms with Crippen molar-refractivity contribution < 1.29 is 14.3 Å². The molecule has 0 radical (unpaired) electrons. The van der Waals surface area contributed by atoms with Gasteiger partial charge in [0.1, 0.15) is 0 Å². The molecule has 3 aliphatic rings. The summed E-state index contributed by atoms with van der Waals surface area (Å²) in [5.41, 5.74) is 1.68. The molecule has 4 atom stereocenters. The van der Waals surface area contributed by atoms with Crippen molar-refractivity contribution in [2.75, 3.05) is 4.90 Å². The lowest BCUT2D eigenvalue weighted by molar-refractivity contribution is -0.124. The average molecular weight is 257 g/mol. The number of para-hydroxylation sites is 1. The van der Waals surface area contributed by atoms with Crippen molar-refractivity contribution in [2.45, 2.75) is 32.0 Å². The summed E-state index contributed by atoms with van der Waals surface area (Å²) in [5, 5.41) is 0. The van der Waals surface area contributed by atoms with E-state index in [0.29, 0.717) is 0 Å². The predicted molar refractivity (Wildman–Crippen MR) is 68.5 cm³/mol. The zero-order chi connectivity index (χ0) is 13.1. The number of carbonyl (C=O) groups is 2. The summed E-state index contributed by atoms with van der Waals surface area (Å²) in [6.07, 6.45) is 1.74. The van der Waals surface area contributed by atoms with Gasteiger partial charge < -0.3 is 4.74 Å². The molecule has 1 aromatic carbocycles. The van der Waals surface area contributed by atoms with Gasteiger partial charge in [-0.25, -0.2) is 4.90 Å². The topological polar surface area (TPSA) is 46.6 Å². The normalized spacial score (nSPS) is 36.2. The van der Waals surface area contributed by atoms with Crippen LogP contribution in [-0.2, 0) is 14.3 Å². The zero-order valence-electron chi connectivity index (χ0n) is 10.7. The molecule has 1 aromatic rings. The number of rotatable bonds is 1. The Kier molecular flexibility index (Phi) is 2.16. The first kappa shape index (κ1) is 11.2. The van der Waals surface area contributed by atoms with Crippen LogP contribution in [0.4, 0.5) is 5.69 Å². The highest BCUT2D eigenvalue weighted by molar-refractivity contribution is 6.23. The van der Waals surface area contributed by atoms with Crippen LogP contribution in [0, 0.1) is 18.8 Å². The first-order valence-electron chi connectivity index (χ1n) is 6.77. The lowest BCUT2D eigenvalue weighted by atomic mass is 9.81. The molecule has 4 rings (SSSR count). The number of amides is 2. The molecule has 0 unspecified atom stereocenters. The van der Waals surface area contributed by atoms with Gasteiger partial charge in [-0.1, -0.05) is 18.2 Å². The fourth-order valence-corrected chi connectivity index (χ4v) is 3.76. The number of fused-ring (bicyclic) bond motifs is 5. The number of aryl methyl sites for hydroxylation is 1. The van der Waals surface area contributed by atoms with E-state index in [1.54, 1.807) is 0 Å². The number of ether oxygens (including phenoxy) is 1. The largest absolute Gasteiger partial charge is 0.373 e. The third-order valence-electron chi connectivity index (χ3n) is 4.64. The SMILES string of the molecule is Cc1ccccc1N1C(=O)[C@@H]2[C@@H](C1=O)[C@H]1CC[C@@H]2O1. The molecule has 0 saturated carbocycles. The second-order valence-corrected chi connectivity index (χ2v) is 5.64. The molecular formula is C15H15NO3. The molecule has 0 N–H and O–H groups in total. The minimum Gasteiger partial charge on any atom is -0.373 e. The smallest absolute Gasteiger partial charge is 0.240 e. The Bertz CT molecular complexity index is 555. The average Bonchev–Trinajstić information content (AvgIpc) is 3.06. The highest BCUT2D eigenvalue weighted by Gasteiger charge is 2.62. The Morgan fingerprint density at radius 2 is 1.63 bits per heavy atom. The van der Waals surface area contributed by atoms with Crippen LogP contribution in [0.15, 0.2) is 24.3 Å². The van der Waals surface area contributed by atoms with E-state index in [1.165, 1.54) is 4.90 Å². The molecule has 4 nitrogen and oxygen atoms in total. The Morgan fingerprint density at radius 1 is 1.05 bits per heavy atom. The minimum absolute atomic E-state index is 0.0412. The number of benzene rings is 1. The lowest BCUT2D eigenvalue weighted by Crippen LogP contribution is -2.34. The minimum atomic E-state index is -0.245. The standard InChI is InChI=1S/C15H15NO3/c1-8-4-2-3-5-9(8)16-14(17)12-10-6-7-11(19-10)13(12)15(16)18/h2-5,10-13H,6-7H2,1H3/t10-,11+,12-,13-/m0/s1. The number of hydrogen-bond acceptors (Lipinski definition) is 3. The highest BCUT2D eigenvalue weighted by atomic mass is 16.5. The summed E-state index contributed by atoms with van der Waals surface area (Å²) in [6.45, 7) is 1.93. The number of nitrogens with zero attached hydrogens (tertiary/aromatic N) is 1. The van der Waals surface area contributed by atoms with E-state index in [9.17, 15) is 9.59 Å². The molecular weight excluding hydrogens is 242 g/mol. The quantitative estimate of drug-likeness (QED) is 0.719. The van der Waals surface area contributed by atoms with Gasteiger partial charge in [0.2, 0.25) is 11.8 Å². The van der Waals surface area contributed by atoms with Crippen LogP contribution in [0.5, 0.6) is 0 Å². The van der Waals surface area contributed by atoms with Crippen molar-refractivity contribution in [3.8, 4) is 0 Å². The summed E-state index contributed by atoms with van der Waals surface area (Å²) < 4.78 is 5.73. The molecule has 2 amide bonds. The van der Waals surface area contributed by atoms with Crippen LogP contribution in [0.1, 0.15) is 18.4 Å².